The Morgan fingerprint density at radius 2 is 1.76 bits per heavy atom. The fourth-order valence-electron chi connectivity index (χ4n) is 3.89. The number of pyridine rings is 1. The first-order valence-electron chi connectivity index (χ1n) is 12.1. The molecule has 5 aromatic rings. The van der Waals surface area contributed by atoms with Crippen LogP contribution in [0, 0.1) is 0 Å². The number of hydrogen-bond acceptors (Lipinski definition) is 7. The van der Waals surface area contributed by atoms with Crippen LogP contribution in [0.3, 0.4) is 0 Å². The molecule has 0 unspecified atom stereocenters. The third kappa shape index (κ3) is 5.63. The molecule has 192 valence electrons. The van der Waals surface area contributed by atoms with Gasteiger partial charge < -0.3 is 18.6 Å². The number of esters is 1. The Morgan fingerprint density at radius 3 is 2.58 bits per heavy atom. The molecule has 2 aromatic heterocycles. The van der Waals surface area contributed by atoms with Gasteiger partial charge >= 0.3 is 5.97 Å². The van der Waals surface area contributed by atoms with Crippen LogP contribution in [0.5, 0.6) is 11.5 Å². The smallest absolute Gasteiger partial charge is 0.374 e. The summed E-state index contributed by atoms with van der Waals surface area (Å²) in [5, 5.41) is 1.50. The van der Waals surface area contributed by atoms with E-state index in [9.17, 15) is 9.59 Å². The van der Waals surface area contributed by atoms with Crippen molar-refractivity contribution in [2.75, 3.05) is 6.61 Å². The van der Waals surface area contributed by atoms with Crippen LogP contribution < -0.4 is 14.9 Å². The van der Waals surface area contributed by atoms with E-state index in [-0.39, 0.29) is 40.7 Å². The van der Waals surface area contributed by atoms with Crippen LogP contribution in [0.2, 0.25) is 5.02 Å². The molecule has 0 aliphatic rings. The van der Waals surface area contributed by atoms with Crippen molar-refractivity contribution in [1.82, 2.24) is 4.98 Å². The van der Waals surface area contributed by atoms with Crippen molar-refractivity contribution < 1.29 is 23.4 Å². The number of ether oxygens (including phenoxy) is 3. The van der Waals surface area contributed by atoms with Gasteiger partial charge in [-0.25, -0.2) is 9.78 Å². The van der Waals surface area contributed by atoms with Crippen molar-refractivity contribution in [2.24, 2.45) is 0 Å². The highest BCUT2D eigenvalue weighted by atomic mass is 35.5. The zero-order valence-corrected chi connectivity index (χ0v) is 21.4. The molecule has 0 aliphatic carbocycles. The topological polar surface area (TPSA) is 87.9 Å². The van der Waals surface area contributed by atoms with Gasteiger partial charge in [0.05, 0.1) is 22.8 Å². The Labute approximate surface area is 223 Å². The zero-order valence-electron chi connectivity index (χ0n) is 20.6. The molecule has 0 N–H and O–H groups in total. The predicted molar refractivity (Wildman–Crippen MR) is 145 cm³/mol. The lowest BCUT2D eigenvalue weighted by molar-refractivity contribution is 0.0469. The van der Waals surface area contributed by atoms with Gasteiger partial charge in [0.15, 0.2) is 11.2 Å². The van der Waals surface area contributed by atoms with Crippen molar-refractivity contribution in [1.29, 1.82) is 0 Å². The highest BCUT2D eigenvalue weighted by Crippen LogP contribution is 2.33. The number of aromatic nitrogens is 1. The standard InChI is InChI=1S/C30H24ClNO6/c1-2-15-35-30(34)27-16-25(33)28-26(38-27)14-13-23(31)29(28)37-17-19-7-11-22(12-8-19)36-18-21-10-9-20-5-3-4-6-24(20)32-21/h3-14,16H,2,15,17-18H2,1H3. The summed E-state index contributed by atoms with van der Waals surface area (Å²) in [6.07, 6.45) is 0.659. The van der Waals surface area contributed by atoms with Gasteiger partial charge in [-0.2, -0.15) is 0 Å². The average molecular weight is 530 g/mol. The van der Waals surface area contributed by atoms with E-state index in [4.69, 9.17) is 30.2 Å². The Kier molecular flexibility index (Phi) is 7.56. The van der Waals surface area contributed by atoms with E-state index in [1.54, 1.807) is 6.07 Å². The molecule has 7 nitrogen and oxygen atoms in total. The Hall–Kier alpha value is -4.36. The molecule has 3 aromatic carbocycles. The number of carbonyl (C=O) groups excluding carboxylic acids is 1. The van der Waals surface area contributed by atoms with Crippen molar-refractivity contribution in [2.45, 2.75) is 26.6 Å². The minimum Gasteiger partial charge on any atom is -0.487 e. The number of fused-ring (bicyclic) bond motifs is 2. The summed E-state index contributed by atoms with van der Waals surface area (Å²) in [4.78, 5) is 29.6. The molecule has 0 radical (unpaired) electrons. The lowest BCUT2D eigenvalue weighted by Crippen LogP contribution is -2.11. The van der Waals surface area contributed by atoms with E-state index < -0.39 is 11.4 Å². The van der Waals surface area contributed by atoms with Gasteiger partial charge in [0.25, 0.3) is 0 Å². The number of hydrogen-bond donors (Lipinski definition) is 0. The SMILES string of the molecule is CCCOC(=O)c1cc(=O)c2c(OCc3ccc(OCc4ccc5ccccc5n4)cc3)c(Cl)ccc2o1. The molecule has 0 bridgehead atoms. The summed E-state index contributed by atoms with van der Waals surface area (Å²) < 4.78 is 22.5. The molecule has 0 fully saturated rings. The number of rotatable bonds is 9. The third-order valence-corrected chi connectivity index (χ3v) is 6.09. The maximum absolute atomic E-state index is 12.8. The van der Waals surface area contributed by atoms with E-state index in [1.807, 2.05) is 67.6 Å². The van der Waals surface area contributed by atoms with Gasteiger partial charge in [0.1, 0.15) is 29.9 Å². The summed E-state index contributed by atoms with van der Waals surface area (Å²) in [7, 11) is 0. The van der Waals surface area contributed by atoms with E-state index in [1.165, 1.54) is 6.07 Å². The highest BCUT2D eigenvalue weighted by Gasteiger charge is 2.18. The monoisotopic (exact) mass is 529 g/mol. The van der Waals surface area contributed by atoms with E-state index >= 15 is 0 Å². The van der Waals surface area contributed by atoms with Gasteiger partial charge in [0, 0.05) is 11.5 Å². The van der Waals surface area contributed by atoms with Crippen molar-refractivity contribution in [3.63, 3.8) is 0 Å². The van der Waals surface area contributed by atoms with E-state index in [2.05, 4.69) is 4.98 Å². The van der Waals surface area contributed by atoms with E-state index in [0.717, 1.165) is 28.2 Å². The molecule has 5 rings (SSSR count). The molecule has 0 amide bonds. The maximum atomic E-state index is 12.8. The first-order chi connectivity index (χ1) is 18.5. The summed E-state index contributed by atoms with van der Waals surface area (Å²) in [5.41, 5.74) is 2.35. The predicted octanol–water partition coefficient (Wildman–Crippen LogP) is 6.72. The molecule has 0 atom stereocenters. The summed E-state index contributed by atoms with van der Waals surface area (Å²) in [6, 6.07) is 23.5. The second-order valence-electron chi connectivity index (χ2n) is 8.58. The van der Waals surface area contributed by atoms with Crippen molar-refractivity contribution in [3.8, 4) is 11.5 Å². The Balaban J connectivity index is 1.26. The third-order valence-electron chi connectivity index (χ3n) is 5.79. The molecule has 0 saturated heterocycles. The second kappa shape index (κ2) is 11.4. The normalized spacial score (nSPS) is 11.0. The molecule has 2 heterocycles. The number of para-hydroxylation sites is 1. The molecular weight excluding hydrogens is 506 g/mol. The summed E-state index contributed by atoms with van der Waals surface area (Å²) in [5.74, 6) is 0.0183. The Morgan fingerprint density at radius 1 is 0.947 bits per heavy atom. The van der Waals surface area contributed by atoms with Crippen LogP contribution in [0.25, 0.3) is 21.9 Å². The molecule has 0 aliphatic heterocycles. The van der Waals surface area contributed by atoms with Crippen LogP contribution in [0.4, 0.5) is 0 Å². The van der Waals surface area contributed by atoms with Gasteiger partial charge in [0.2, 0.25) is 5.76 Å². The van der Waals surface area contributed by atoms with Gasteiger partial charge in [-0.15, -0.1) is 0 Å². The molecule has 0 saturated carbocycles. The second-order valence-corrected chi connectivity index (χ2v) is 8.98. The lowest BCUT2D eigenvalue weighted by Gasteiger charge is -2.12. The van der Waals surface area contributed by atoms with Crippen LogP contribution >= 0.6 is 11.6 Å². The number of halogens is 1. The molecule has 38 heavy (non-hydrogen) atoms. The van der Waals surface area contributed by atoms with Crippen LogP contribution in [0.15, 0.2) is 88.1 Å². The summed E-state index contributed by atoms with van der Waals surface area (Å²) >= 11 is 6.35. The maximum Gasteiger partial charge on any atom is 0.374 e. The fourth-order valence-corrected chi connectivity index (χ4v) is 4.10. The lowest BCUT2D eigenvalue weighted by atomic mass is 10.2. The number of carbonyl (C=O) groups is 1. The van der Waals surface area contributed by atoms with Gasteiger partial charge in [-0.1, -0.05) is 54.9 Å². The van der Waals surface area contributed by atoms with Gasteiger partial charge in [-0.05, 0) is 48.4 Å². The minimum absolute atomic E-state index is 0.158. The summed E-state index contributed by atoms with van der Waals surface area (Å²) in [6.45, 7) is 2.61. The van der Waals surface area contributed by atoms with Crippen LogP contribution in [-0.4, -0.2) is 17.6 Å². The number of nitrogens with zero attached hydrogens (tertiary/aromatic N) is 1. The first kappa shape index (κ1) is 25.3. The van der Waals surface area contributed by atoms with Crippen LogP contribution in [0.1, 0.15) is 35.2 Å². The quantitative estimate of drug-likeness (QED) is 0.196. The first-order valence-corrected chi connectivity index (χ1v) is 12.5. The highest BCUT2D eigenvalue weighted by molar-refractivity contribution is 6.33. The zero-order chi connectivity index (χ0) is 26.5. The van der Waals surface area contributed by atoms with Gasteiger partial charge in [-0.3, -0.25) is 4.79 Å². The van der Waals surface area contributed by atoms with E-state index in [0.29, 0.717) is 18.8 Å². The molecular formula is C30H24ClNO6. The minimum atomic E-state index is -0.693. The van der Waals surface area contributed by atoms with Crippen molar-refractivity contribution >= 4 is 39.4 Å². The fraction of sp³-hybridized carbons (Fsp3) is 0.167. The molecule has 8 heteroatoms. The van der Waals surface area contributed by atoms with Crippen LogP contribution in [-0.2, 0) is 18.0 Å². The number of benzene rings is 3. The molecule has 0 spiro atoms. The largest absolute Gasteiger partial charge is 0.487 e. The van der Waals surface area contributed by atoms with Crippen molar-refractivity contribution in [3.05, 3.63) is 111 Å². The average Bonchev–Trinajstić information content (AvgIpc) is 2.94. The Bertz CT molecular complexity index is 1660.